The molecular weight excluding hydrogens is 378 g/mol. The average Bonchev–Trinajstić information content (AvgIpc) is 2.87. The normalized spacial score (nSPS) is 15.5. The molecule has 1 saturated heterocycles. The van der Waals surface area contributed by atoms with Gasteiger partial charge in [0.2, 0.25) is 5.75 Å². The van der Waals surface area contributed by atoms with Crippen LogP contribution in [0, 0.1) is 0 Å². The molecular formula is C17H19NO6S2. The van der Waals surface area contributed by atoms with E-state index in [2.05, 4.69) is 0 Å². The molecule has 0 aliphatic carbocycles. The van der Waals surface area contributed by atoms with Crippen LogP contribution in [0.25, 0.3) is 6.08 Å². The smallest absolute Gasteiger partial charge is 0.303 e. The summed E-state index contributed by atoms with van der Waals surface area (Å²) in [6.45, 7) is 0.281. The van der Waals surface area contributed by atoms with Gasteiger partial charge in [-0.15, -0.1) is 0 Å². The fraction of sp³-hybridized carbons (Fsp3) is 0.353. The SMILES string of the molecule is COc1cc(/C=C2/SC(=S)N(CCCC(=O)O)C2=O)cc(OC)c1OC. The van der Waals surface area contributed by atoms with Crippen LogP contribution in [-0.4, -0.2) is 54.1 Å². The van der Waals surface area contributed by atoms with Crippen molar-refractivity contribution in [3.8, 4) is 17.2 Å². The van der Waals surface area contributed by atoms with Crippen LogP contribution in [-0.2, 0) is 9.59 Å². The maximum Gasteiger partial charge on any atom is 0.303 e. The molecule has 0 radical (unpaired) electrons. The lowest BCUT2D eigenvalue weighted by Crippen LogP contribution is -2.29. The van der Waals surface area contributed by atoms with Crippen molar-refractivity contribution in [2.45, 2.75) is 12.8 Å². The Kier molecular flexibility index (Phi) is 6.87. The maximum atomic E-state index is 12.5. The Balaban J connectivity index is 2.25. The van der Waals surface area contributed by atoms with Gasteiger partial charge in [0, 0.05) is 13.0 Å². The summed E-state index contributed by atoms with van der Waals surface area (Å²) in [5, 5.41) is 8.72. The summed E-state index contributed by atoms with van der Waals surface area (Å²) in [6, 6.07) is 3.47. The Morgan fingerprint density at radius 3 is 2.35 bits per heavy atom. The van der Waals surface area contributed by atoms with Crippen LogP contribution < -0.4 is 14.2 Å². The highest BCUT2D eigenvalue weighted by molar-refractivity contribution is 8.26. The standard InChI is InChI=1S/C17H19NO6S2/c1-22-11-7-10(8-12(23-2)15(11)24-3)9-13-16(21)18(17(25)26-13)6-4-5-14(19)20/h7-9H,4-6H2,1-3H3,(H,19,20)/b13-9+. The van der Waals surface area contributed by atoms with Crippen molar-refractivity contribution in [1.82, 2.24) is 4.90 Å². The zero-order valence-electron chi connectivity index (χ0n) is 14.6. The monoisotopic (exact) mass is 397 g/mol. The van der Waals surface area contributed by atoms with Gasteiger partial charge in [-0.1, -0.05) is 24.0 Å². The molecule has 0 unspecified atom stereocenters. The molecule has 2 rings (SSSR count). The fourth-order valence-electron chi connectivity index (χ4n) is 2.42. The van der Waals surface area contributed by atoms with Crippen LogP contribution in [0.15, 0.2) is 17.0 Å². The summed E-state index contributed by atoms with van der Waals surface area (Å²) >= 11 is 6.42. The Morgan fingerprint density at radius 1 is 1.23 bits per heavy atom. The van der Waals surface area contributed by atoms with E-state index in [1.165, 1.54) is 38.0 Å². The minimum Gasteiger partial charge on any atom is -0.493 e. The quantitative estimate of drug-likeness (QED) is 0.529. The summed E-state index contributed by atoms with van der Waals surface area (Å²) in [5.41, 5.74) is 0.700. The molecule has 0 saturated carbocycles. The zero-order valence-corrected chi connectivity index (χ0v) is 16.2. The molecule has 7 nitrogen and oxygen atoms in total. The highest BCUT2D eigenvalue weighted by atomic mass is 32.2. The number of nitrogens with zero attached hydrogens (tertiary/aromatic N) is 1. The number of benzene rings is 1. The van der Waals surface area contributed by atoms with Gasteiger partial charge in [-0.05, 0) is 30.2 Å². The summed E-state index contributed by atoms with van der Waals surface area (Å²) in [4.78, 5) is 25.1. The van der Waals surface area contributed by atoms with Gasteiger partial charge in [0.05, 0.1) is 26.2 Å². The van der Waals surface area contributed by atoms with Gasteiger partial charge in [0.1, 0.15) is 4.32 Å². The van der Waals surface area contributed by atoms with Gasteiger partial charge in [-0.25, -0.2) is 0 Å². The first-order chi connectivity index (χ1) is 12.4. The van der Waals surface area contributed by atoms with Crippen LogP contribution in [0.3, 0.4) is 0 Å². The van der Waals surface area contributed by atoms with E-state index in [9.17, 15) is 9.59 Å². The van der Waals surface area contributed by atoms with Crippen LogP contribution in [0.5, 0.6) is 17.2 Å². The molecule has 9 heteroatoms. The third-order valence-electron chi connectivity index (χ3n) is 3.63. The van der Waals surface area contributed by atoms with E-state index in [1.807, 2.05) is 0 Å². The lowest BCUT2D eigenvalue weighted by molar-refractivity contribution is -0.137. The maximum absolute atomic E-state index is 12.5. The second-order valence-electron chi connectivity index (χ2n) is 5.29. The number of carbonyl (C=O) groups excluding carboxylic acids is 1. The van der Waals surface area contributed by atoms with E-state index in [0.29, 0.717) is 38.5 Å². The summed E-state index contributed by atoms with van der Waals surface area (Å²) < 4.78 is 16.3. The van der Waals surface area contributed by atoms with E-state index in [4.69, 9.17) is 31.5 Å². The van der Waals surface area contributed by atoms with E-state index in [-0.39, 0.29) is 18.9 Å². The van der Waals surface area contributed by atoms with E-state index in [0.717, 1.165) is 0 Å². The Morgan fingerprint density at radius 2 is 1.85 bits per heavy atom. The molecule has 0 spiro atoms. The number of hydrogen-bond donors (Lipinski definition) is 1. The number of hydrogen-bond acceptors (Lipinski definition) is 7. The topological polar surface area (TPSA) is 85.3 Å². The van der Waals surface area contributed by atoms with Gasteiger partial charge in [-0.3, -0.25) is 14.5 Å². The number of thiocarbonyl (C=S) groups is 1. The minimum atomic E-state index is -0.900. The van der Waals surface area contributed by atoms with Crippen molar-refractivity contribution in [2.75, 3.05) is 27.9 Å². The van der Waals surface area contributed by atoms with Crippen molar-refractivity contribution < 1.29 is 28.9 Å². The average molecular weight is 397 g/mol. The first-order valence-electron chi connectivity index (χ1n) is 7.68. The molecule has 0 atom stereocenters. The molecule has 1 heterocycles. The first-order valence-corrected chi connectivity index (χ1v) is 8.91. The van der Waals surface area contributed by atoms with Gasteiger partial charge >= 0.3 is 5.97 Å². The van der Waals surface area contributed by atoms with Crippen molar-refractivity contribution in [3.63, 3.8) is 0 Å². The summed E-state index contributed by atoms with van der Waals surface area (Å²) in [7, 11) is 4.55. The Hall–Kier alpha value is -2.26. The highest BCUT2D eigenvalue weighted by Crippen LogP contribution is 2.40. The number of carboxylic acid groups (broad SMARTS) is 1. The summed E-state index contributed by atoms with van der Waals surface area (Å²) in [6.07, 6.45) is 2.03. The molecule has 0 bridgehead atoms. The number of carboxylic acids is 1. The Labute approximate surface area is 160 Å². The molecule has 1 aromatic rings. The molecule has 1 aromatic carbocycles. The van der Waals surface area contributed by atoms with E-state index in [1.54, 1.807) is 18.2 Å². The van der Waals surface area contributed by atoms with Gasteiger partial charge in [0.15, 0.2) is 11.5 Å². The van der Waals surface area contributed by atoms with Gasteiger partial charge < -0.3 is 19.3 Å². The fourth-order valence-corrected chi connectivity index (χ4v) is 3.73. The number of amides is 1. The zero-order chi connectivity index (χ0) is 19.3. The number of methoxy groups -OCH3 is 3. The molecule has 140 valence electrons. The molecule has 1 aliphatic heterocycles. The predicted octanol–water partition coefficient (Wildman–Crippen LogP) is 2.78. The third-order valence-corrected chi connectivity index (χ3v) is 5.01. The lowest BCUT2D eigenvalue weighted by atomic mass is 10.1. The molecule has 26 heavy (non-hydrogen) atoms. The van der Waals surface area contributed by atoms with Gasteiger partial charge in [0.25, 0.3) is 5.91 Å². The van der Waals surface area contributed by atoms with Crippen molar-refractivity contribution in [2.24, 2.45) is 0 Å². The summed E-state index contributed by atoms with van der Waals surface area (Å²) in [5.74, 6) is 0.293. The van der Waals surface area contributed by atoms with Crippen LogP contribution in [0.1, 0.15) is 18.4 Å². The van der Waals surface area contributed by atoms with Crippen molar-refractivity contribution in [1.29, 1.82) is 0 Å². The lowest BCUT2D eigenvalue weighted by Gasteiger charge is -2.13. The molecule has 1 N–H and O–H groups in total. The third kappa shape index (κ3) is 4.47. The number of rotatable bonds is 8. The first kappa shape index (κ1) is 20.1. The Bertz CT molecular complexity index is 737. The number of thioether (sulfide) groups is 1. The van der Waals surface area contributed by atoms with E-state index >= 15 is 0 Å². The number of aliphatic carboxylic acids is 1. The molecule has 1 aliphatic rings. The number of carbonyl (C=O) groups is 2. The van der Waals surface area contributed by atoms with Gasteiger partial charge in [-0.2, -0.15) is 0 Å². The van der Waals surface area contributed by atoms with Crippen LogP contribution in [0.4, 0.5) is 0 Å². The molecule has 1 amide bonds. The highest BCUT2D eigenvalue weighted by Gasteiger charge is 2.31. The van der Waals surface area contributed by atoms with Crippen molar-refractivity contribution in [3.05, 3.63) is 22.6 Å². The second kappa shape index (κ2) is 8.91. The van der Waals surface area contributed by atoms with E-state index < -0.39 is 5.97 Å². The molecule has 1 fully saturated rings. The second-order valence-corrected chi connectivity index (χ2v) is 6.97. The minimum absolute atomic E-state index is 0.0109. The predicted molar refractivity (Wildman–Crippen MR) is 103 cm³/mol. The van der Waals surface area contributed by atoms with Crippen LogP contribution >= 0.6 is 24.0 Å². The number of ether oxygens (including phenoxy) is 3. The van der Waals surface area contributed by atoms with Crippen LogP contribution in [0.2, 0.25) is 0 Å². The van der Waals surface area contributed by atoms with Crippen molar-refractivity contribution >= 4 is 46.3 Å². The largest absolute Gasteiger partial charge is 0.493 e. The molecule has 0 aromatic heterocycles.